The number of aliphatic hydroxyl groups is 1. The Bertz CT molecular complexity index is 569. The van der Waals surface area contributed by atoms with Crippen LogP contribution in [0.25, 0.3) is 0 Å². The summed E-state index contributed by atoms with van der Waals surface area (Å²) in [5, 5.41) is 9.33. The molecule has 0 aromatic heterocycles. The van der Waals surface area contributed by atoms with Crippen molar-refractivity contribution in [2.75, 3.05) is 6.54 Å². The zero-order valence-electron chi connectivity index (χ0n) is 12.7. The standard InChI is InChI=1S/C14H24N2O3S/c1-8-6-9(2)11(4)14(10(8)3)20(18,19)16-7-13(15)12(5)17/h6,12-13,16-17H,7,15H2,1-5H3. The Labute approximate surface area is 121 Å². The fourth-order valence-corrected chi connectivity index (χ4v) is 3.72. The first-order valence-corrected chi connectivity index (χ1v) is 8.07. The normalized spacial score (nSPS) is 15.2. The SMILES string of the molecule is Cc1cc(C)c(C)c(S(=O)(=O)NCC(N)C(C)O)c1C. The van der Waals surface area contributed by atoms with Crippen molar-refractivity contribution in [3.05, 3.63) is 28.3 Å². The Morgan fingerprint density at radius 2 is 1.65 bits per heavy atom. The van der Waals surface area contributed by atoms with Crippen LogP contribution in [-0.2, 0) is 10.0 Å². The van der Waals surface area contributed by atoms with Crippen LogP contribution in [-0.4, -0.2) is 32.2 Å². The predicted octanol–water partition coefficient (Wildman–Crippen LogP) is 0.907. The van der Waals surface area contributed by atoms with Gasteiger partial charge in [0, 0.05) is 12.6 Å². The first-order valence-electron chi connectivity index (χ1n) is 6.58. The molecule has 2 atom stereocenters. The highest BCUT2D eigenvalue weighted by Crippen LogP contribution is 2.25. The van der Waals surface area contributed by atoms with E-state index in [1.165, 1.54) is 6.92 Å². The molecular weight excluding hydrogens is 276 g/mol. The molecule has 2 unspecified atom stereocenters. The Balaban J connectivity index is 3.17. The van der Waals surface area contributed by atoms with Crippen molar-refractivity contribution in [3.63, 3.8) is 0 Å². The lowest BCUT2D eigenvalue weighted by Gasteiger charge is -2.19. The van der Waals surface area contributed by atoms with Gasteiger partial charge in [0.25, 0.3) is 0 Å². The van der Waals surface area contributed by atoms with Crippen LogP contribution < -0.4 is 10.5 Å². The molecule has 4 N–H and O–H groups in total. The zero-order valence-corrected chi connectivity index (χ0v) is 13.5. The van der Waals surface area contributed by atoms with Crippen LogP contribution in [0.1, 0.15) is 29.2 Å². The molecule has 0 fully saturated rings. The van der Waals surface area contributed by atoms with E-state index < -0.39 is 22.2 Å². The summed E-state index contributed by atoms with van der Waals surface area (Å²) >= 11 is 0. The predicted molar refractivity (Wildman–Crippen MR) is 80.2 cm³/mol. The van der Waals surface area contributed by atoms with Crippen LogP contribution in [0, 0.1) is 27.7 Å². The molecule has 0 radical (unpaired) electrons. The lowest BCUT2D eigenvalue weighted by Crippen LogP contribution is -2.43. The lowest BCUT2D eigenvalue weighted by molar-refractivity contribution is 0.164. The van der Waals surface area contributed by atoms with Gasteiger partial charge in [-0.15, -0.1) is 0 Å². The van der Waals surface area contributed by atoms with Gasteiger partial charge in [-0.3, -0.25) is 0 Å². The van der Waals surface area contributed by atoms with Crippen LogP contribution in [0.4, 0.5) is 0 Å². The monoisotopic (exact) mass is 300 g/mol. The maximum atomic E-state index is 12.5. The smallest absolute Gasteiger partial charge is 0.241 e. The molecule has 0 saturated carbocycles. The number of aryl methyl sites for hydroxylation is 2. The molecule has 0 saturated heterocycles. The fourth-order valence-electron chi connectivity index (χ4n) is 2.03. The molecule has 0 aliphatic heterocycles. The van der Waals surface area contributed by atoms with Crippen molar-refractivity contribution in [3.8, 4) is 0 Å². The van der Waals surface area contributed by atoms with E-state index in [1.807, 2.05) is 19.9 Å². The Morgan fingerprint density at radius 3 is 2.05 bits per heavy atom. The van der Waals surface area contributed by atoms with Crippen molar-refractivity contribution in [2.24, 2.45) is 5.73 Å². The minimum Gasteiger partial charge on any atom is -0.392 e. The van der Waals surface area contributed by atoms with Crippen LogP contribution in [0.2, 0.25) is 0 Å². The highest BCUT2D eigenvalue weighted by Gasteiger charge is 2.23. The van der Waals surface area contributed by atoms with E-state index in [4.69, 9.17) is 5.73 Å². The van der Waals surface area contributed by atoms with Crippen LogP contribution in [0.5, 0.6) is 0 Å². The molecule has 1 aromatic rings. The van der Waals surface area contributed by atoms with Crippen molar-refractivity contribution >= 4 is 10.0 Å². The first kappa shape index (κ1) is 17.1. The van der Waals surface area contributed by atoms with E-state index >= 15 is 0 Å². The molecule has 0 bridgehead atoms. The van der Waals surface area contributed by atoms with Gasteiger partial charge in [0.15, 0.2) is 0 Å². The summed E-state index contributed by atoms with van der Waals surface area (Å²) in [6.07, 6.45) is -0.765. The summed E-state index contributed by atoms with van der Waals surface area (Å²) in [4.78, 5) is 0.313. The third-order valence-corrected chi connectivity index (χ3v) is 5.39. The van der Waals surface area contributed by atoms with E-state index in [0.29, 0.717) is 4.90 Å². The minimum absolute atomic E-state index is 0.00582. The van der Waals surface area contributed by atoms with Crippen LogP contribution in [0.15, 0.2) is 11.0 Å². The molecule has 0 spiro atoms. The Morgan fingerprint density at radius 1 is 1.20 bits per heavy atom. The van der Waals surface area contributed by atoms with Gasteiger partial charge >= 0.3 is 0 Å². The summed E-state index contributed by atoms with van der Waals surface area (Å²) in [7, 11) is -3.64. The molecule has 0 aliphatic rings. The molecule has 1 rings (SSSR count). The number of nitrogens with two attached hydrogens (primary N) is 1. The number of nitrogens with one attached hydrogen (secondary N) is 1. The maximum Gasteiger partial charge on any atom is 0.241 e. The van der Waals surface area contributed by atoms with Crippen molar-refractivity contribution in [1.82, 2.24) is 4.72 Å². The van der Waals surface area contributed by atoms with Gasteiger partial charge in [-0.2, -0.15) is 0 Å². The summed E-state index contributed by atoms with van der Waals surface area (Å²) in [6.45, 7) is 8.92. The molecule has 0 aliphatic carbocycles. The first-order chi connectivity index (χ1) is 9.08. The molecule has 5 nitrogen and oxygen atoms in total. The van der Waals surface area contributed by atoms with Gasteiger partial charge in [-0.25, -0.2) is 13.1 Å². The zero-order chi connectivity index (χ0) is 15.7. The van der Waals surface area contributed by atoms with E-state index in [0.717, 1.165) is 22.3 Å². The second-order valence-electron chi connectivity index (χ2n) is 5.35. The molecule has 0 amide bonds. The van der Waals surface area contributed by atoms with Gasteiger partial charge in [-0.05, 0) is 56.9 Å². The van der Waals surface area contributed by atoms with Crippen LogP contribution in [0.3, 0.4) is 0 Å². The largest absolute Gasteiger partial charge is 0.392 e. The topological polar surface area (TPSA) is 92.4 Å². The van der Waals surface area contributed by atoms with Gasteiger partial charge in [0.2, 0.25) is 10.0 Å². The van der Waals surface area contributed by atoms with Crippen LogP contribution >= 0.6 is 0 Å². The minimum atomic E-state index is -3.64. The van der Waals surface area contributed by atoms with Crippen molar-refractivity contribution in [2.45, 2.75) is 51.7 Å². The van der Waals surface area contributed by atoms with E-state index in [1.54, 1.807) is 13.8 Å². The molecule has 1 aromatic carbocycles. The Hall–Kier alpha value is -0.950. The number of rotatable bonds is 5. The average Bonchev–Trinajstić information content (AvgIpc) is 2.33. The van der Waals surface area contributed by atoms with E-state index in [2.05, 4.69) is 4.72 Å². The van der Waals surface area contributed by atoms with E-state index in [-0.39, 0.29) is 6.54 Å². The summed E-state index contributed by atoms with van der Waals surface area (Å²) in [5.41, 5.74) is 9.02. The number of hydrogen-bond acceptors (Lipinski definition) is 4. The number of hydrogen-bond donors (Lipinski definition) is 3. The summed E-state index contributed by atoms with van der Waals surface area (Å²) in [5.74, 6) is 0. The molecule has 6 heteroatoms. The lowest BCUT2D eigenvalue weighted by atomic mass is 10.0. The number of sulfonamides is 1. The summed E-state index contributed by atoms with van der Waals surface area (Å²) in [6, 6.07) is 1.35. The number of benzene rings is 1. The second kappa shape index (κ2) is 6.22. The van der Waals surface area contributed by atoms with Gasteiger partial charge in [-0.1, -0.05) is 6.07 Å². The highest BCUT2D eigenvalue weighted by atomic mass is 32.2. The Kier molecular flexibility index (Phi) is 5.32. The van der Waals surface area contributed by atoms with E-state index in [9.17, 15) is 13.5 Å². The van der Waals surface area contributed by atoms with Crippen molar-refractivity contribution < 1.29 is 13.5 Å². The molecular formula is C14H24N2O3S. The maximum absolute atomic E-state index is 12.5. The quantitative estimate of drug-likeness (QED) is 0.753. The second-order valence-corrected chi connectivity index (χ2v) is 7.05. The van der Waals surface area contributed by atoms with Crippen molar-refractivity contribution in [1.29, 1.82) is 0 Å². The fraction of sp³-hybridized carbons (Fsp3) is 0.571. The third kappa shape index (κ3) is 3.58. The third-order valence-electron chi connectivity index (χ3n) is 3.69. The molecule has 20 heavy (non-hydrogen) atoms. The van der Waals surface area contributed by atoms with Gasteiger partial charge in [0.1, 0.15) is 0 Å². The highest BCUT2D eigenvalue weighted by molar-refractivity contribution is 7.89. The summed E-state index contributed by atoms with van der Waals surface area (Å²) < 4.78 is 27.4. The van der Waals surface area contributed by atoms with Gasteiger partial charge < -0.3 is 10.8 Å². The number of aliphatic hydroxyl groups excluding tert-OH is 1. The average molecular weight is 300 g/mol. The molecule has 0 heterocycles. The van der Waals surface area contributed by atoms with Gasteiger partial charge in [0.05, 0.1) is 11.0 Å². The molecule has 114 valence electrons.